The maximum Gasteiger partial charge on any atom is 0.224 e. The third-order valence-corrected chi connectivity index (χ3v) is 4.87. The number of carbonyl (C=O) groups excluding carboxylic acids is 1. The molecule has 0 aliphatic carbocycles. The zero-order valence-electron chi connectivity index (χ0n) is 17.2. The fraction of sp³-hybridized carbons (Fsp3) is 0.600. The van der Waals surface area contributed by atoms with E-state index in [1.807, 2.05) is 11.9 Å². The van der Waals surface area contributed by atoms with Crippen LogP contribution < -0.4 is 10.2 Å². The molecule has 1 amide bonds. The molecular formula is C20H33FIN5O. The number of hydrogen-bond acceptors (Lipinski definition) is 3. The SMILES string of the molecule is CCCCN(C)C(=NC)NCCC(=O)N1CCN(c2ccc(F)cc2)CC1.I. The molecule has 1 saturated heterocycles. The Bertz CT molecular complexity index is 618. The summed E-state index contributed by atoms with van der Waals surface area (Å²) in [4.78, 5) is 22.9. The summed E-state index contributed by atoms with van der Waals surface area (Å²) < 4.78 is 13.0. The van der Waals surface area contributed by atoms with Gasteiger partial charge < -0.3 is 20.0 Å². The smallest absolute Gasteiger partial charge is 0.224 e. The average molecular weight is 505 g/mol. The van der Waals surface area contributed by atoms with Gasteiger partial charge in [0.15, 0.2) is 5.96 Å². The van der Waals surface area contributed by atoms with Gasteiger partial charge in [-0.2, -0.15) is 0 Å². The fourth-order valence-corrected chi connectivity index (χ4v) is 3.19. The van der Waals surface area contributed by atoms with Crippen LogP contribution in [0.1, 0.15) is 26.2 Å². The van der Waals surface area contributed by atoms with Crippen molar-refractivity contribution in [3.63, 3.8) is 0 Å². The van der Waals surface area contributed by atoms with Crippen molar-refractivity contribution in [2.24, 2.45) is 4.99 Å². The quantitative estimate of drug-likeness (QED) is 0.352. The highest BCUT2D eigenvalue weighted by Crippen LogP contribution is 2.17. The van der Waals surface area contributed by atoms with Crippen molar-refractivity contribution in [2.45, 2.75) is 26.2 Å². The average Bonchev–Trinajstić information content (AvgIpc) is 2.70. The van der Waals surface area contributed by atoms with Crippen molar-refractivity contribution in [1.82, 2.24) is 15.1 Å². The fourth-order valence-electron chi connectivity index (χ4n) is 3.19. The Labute approximate surface area is 185 Å². The zero-order valence-corrected chi connectivity index (χ0v) is 19.5. The summed E-state index contributed by atoms with van der Waals surface area (Å²) in [6.07, 6.45) is 2.72. The topological polar surface area (TPSA) is 51.2 Å². The monoisotopic (exact) mass is 505 g/mol. The summed E-state index contributed by atoms with van der Waals surface area (Å²) in [5.41, 5.74) is 1.00. The molecule has 1 N–H and O–H groups in total. The Balaban J connectivity index is 0.00000392. The molecule has 28 heavy (non-hydrogen) atoms. The Morgan fingerprint density at radius 3 is 2.43 bits per heavy atom. The number of guanidine groups is 1. The van der Waals surface area contributed by atoms with Gasteiger partial charge in [-0.3, -0.25) is 9.79 Å². The number of halogens is 2. The number of nitrogens with zero attached hydrogens (tertiary/aromatic N) is 4. The van der Waals surface area contributed by atoms with E-state index in [4.69, 9.17) is 0 Å². The molecule has 0 unspecified atom stereocenters. The number of piperazine rings is 1. The maximum atomic E-state index is 13.0. The van der Waals surface area contributed by atoms with E-state index in [1.54, 1.807) is 19.2 Å². The van der Waals surface area contributed by atoms with Crippen LogP contribution in [0.25, 0.3) is 0 Å². The first-order chi connectivity index (χ1) is 13.0. The Morgan fingerprint density at radius 1 is 1.21 bits per heavy atom. The van der Waals surface area contributed by atoms with Gasteiger partial charge in [-0.15, -0.1) is 24.0 Å². The lowest BCUT2D eigenvalue weighted by Crippen LogP contribution is -2.49. The van der Waals surface area contributed by atoms with Gasteiger partial charge in [-0.1, -0.05) is 13.3 Å². The molecule has 1 aliphatic rings. The summed E-state index contributed by atoms with van der Waals surface area (Å²) in [6, 6.07) is 6.53. The molecule has 0 spiro atoms. The summed E-state index contributed by atoms with van der Waals surface area (Å²) in [5, 5.41) is 3.27. The summed E-state index contributed by atoms with van der Waals surface area (Å²) in [6.45, 7) is 6.63. The van der Waals surface area contributed by atoms with Crippen molar-refractivity contribution in [1.29, 1.82) is 0 Å². The van der Waals surface area contributed by atoms with Gasteiger partial charge in [0.05, 0.1) is 0 Å². The zero-order chi connectivity index (χ0) is 19.6. The van der Waals surface area contributed by atoms with Gasteiger partial charge in [-0.25, -0.2) is 4.39 Å². The number of hydrogen-bond donors (Lipinski definition) is 1. The molecule has 8 heteroatoms. The second-order valence-corrected chi connectivity index (χ2v) is 6.84. The summed E-state index contributed by atoms with van der Waals surface area (Å²) >= 11 is 0. The molecule has 0 atom stereocenters. The van der Waals surface area contributed by atoms with E-state index in [1.165, 1.54) is 12.1 Å². The molecular weight excluding hydrogens is 472 g/mol. The second kappa shape index (κ2) is 12.8. The van der Waals surface area contributed by atoms with E-state index in [0.29, 0.717) is 26.1 Å². The maximum absolute atomic E-state index is 13.0. The Morgan fingerprint density at radius 2 is 1.86 bits per heavy atom. The largest absolute Gasteiger partial charge is 0.368 e. The predicted octanol–water partition coefficient (Wildman–Crippen LogP) is 2.79. The normalized spacial score (nSPS) is 14.5. The van der Waals surface area contributed by atoms with Crippen LogP contribution in [-0.4, -0.2) is 75.0 Å². The minimum Gasteiger partial charge on any atom is -0.368 e. The molecule has 1 aromatic carbocycles. The molecule has 1 fully saturated rings. The van der Waals surface area contributed by atoms with Crippen LogP contribution in [0.4, 0.5) is 10.1 Å². The van der Waals surface area contributed by atoms with Gasteiger partial charge in [0, 0.05) is 65.5 Å². The van der Waals surface area contributed by atoms with Crippen LogP contribution in [0.2, 0.25) is 0 Å². The lowest BCUT2D eigenvalue weighted by Gasteiger charge is -2.36. The van der Waals surface area contributed by atoms with E-state index in [0.717, 1.165) is 44.1 Å². The van der Waals surface area contributed by atoms with E-state index in [9.17, 15) is 9.18 Å². The van der Waals surface area contributed by atoms with Crippen molar-refractivity contribution in [3.8, 4) is 0 Å². The van der Waals surface area contributed by atoms with Crippen LogP contribution in [0.3, 0.4) is 0 Å². The first-order valence-electron chi connectivity index (χ1n) is 9.75. The van der Waals surface area contributed by atoms with Gasteiger partial charge in [-0.05, 0) is 30.7 Å². The molecule has 0 saturated carbocycles. The third-order valence-electron chi connectivity index (χ3n) is 4.87. The Hall–Kier alpha value is -1.58. The second-order valence-electron chi connectivity index (χ2n) is 6.84. The number of benzene rings is 1. The molecule has 0 aromatic heterocycles. The molecule has 1 aliphatic heterocycles. The van der Waals surface area contributed by atoms with E-state index >= 15 is 0 Å². The predicted molar refractivity (Wildman–Crippen MR) is 124 cm³/mol. The summed E-state index contributed by atoms with van der Waals surface area (Å²) in [7, 11) is 3.78. The van der Waals surface area contributed by atoms with Crippen LogP contribution in [0.15, 0.2) is 29.3 Å². The van der Waals surface area contributed by atoms with Gasteiger partial charge in [0.25, 0.3) is 0 Å². The van der Waals surface area contributed by atoms with Crippen LogP contribution in [0.5, 0.6) is 0 Å². The minimum absolute atomic E-state index is 0. The highest BCUT2D eigenvalue weighted by molar-refractivity contribution is 14.0. The van der Waals surface area contributed by atoms with Crippen molar-refractivity contribution >= 4 is 41.5 Å². The minimum atomic E-state index is -0.226. The molecule has 1 heterocycles. The van der Waals surface area contributed by atoms with Crippen LogP contribution in [0, 0.1) is 5.82 Å². The van der Waals surface area contributed by atoms with Gasteiger partial charge in [0.2, 0.25) is 5.91 Å². The number of aliphatic imine (C=N–C) groups is 1. The molecule has 6 nitrogen and oxygen atoms in total. The van der Waals surface area contributed by atoms with Crippen molar-refractivity contribution < 1.29 is 9.18 Å². The number of anilines is 1. The lowest BCUT2D eigenvalue weighted by atomic mass is 10.2. The van der Waals surface area contributed by atoms with Gasteiger partial charge >= 0.3 is 0 Å². The molecule has 1 aromatic rings. The number of unbranched alkanes of at least 4 members (excludes halogenated alkanes) is 1. The van der Waals surface area contributed by atoms with Crippen molar-refractivity contribution in [3.05, 3.63) is 30.1 Å². The lowest BCUT2D eigenvalue weighted by molar-refractivity contribution is -0.131. The number of amides is 1. The standard InChI is InChI=1S/C20H32FN5O.HI/c1-4-5-12-24(3)20(22-2)23-11-10-19(27)26-15-13-25(14-16-26)18-8-6-17(21)7-9-18;/h6-9H,4-5,10-16H2,1-3H3,(H,22,23);1H. The van der Waals surface area contributed by atoms with E-state index in [2.05, 4.69) is 27.0 Å². The van der Waals surface area contributed by atoms with Crippen LogP contribution in [-0.2, 0) is 4.79 Å². The molecule has 0 radical (unpaired) electrons. The first-order valence-corrected chi connectivity index (χ1v) is 9.75. The van der Waals surface area contributed by atoms with E-state index in [-0.39, 0.29) is 35.7 Å². The number of rotatable bonds is 7. The highest BCUT2D eigenvalue weighted by atomic mass is 127. The highest BCUT2D eigenvalue weighted by Gasteiger charge is 2.21. The Kier molecular flexibility index (Phi) is 11.2. The number of nitrogens with one attached hydrogen (secondary N) is 1. The summed E-state index contributed by atoms with van der Waals surface area (Å²) in [5.74, 6) is 0.765. The third kappa shape index (κ3) is 7.44. The molecule has 2 rings (SSSR count). The number of carbonyl (C=O) groups is 1. The molecule has 158 valence electrons. The van der Waals surface area contributed by atoms with Gasteiger partial charge in [0.1, 0.15) is 5.82 Å². The van der Waals surface area contributed by atoms with E-state index < -0.39 is 0 Å². The first kappa shape index (κ1) is 24.5. The van der Waals surface area contributed by atoms with Crippen molar-refractivity contribution in [2.75, 3.05) is 58.3 Å². The molecule has 0 bridgehead atoms. The van der Waals surface area contributed by atoms with Crippen LogP contribution >= 0.6 is 24.0 Å².